The maximum Gasteiger partial charge on any atom is -0.0316 e. The Balaban J connectivity index is 2.18. The molecule has 0 aromatic rings. The van der Waals surface area contributed by atoms with Crippen molar-refractivity contribution in [3.8, 4) is 0 Å². The average molecular weight is 178 g/mol. The highest BCUT2D eigenvalue weighted by atomic mass is 14.0. The van der Waals surface area contributed by atoms with Crippen LogP contribution in [0.15, 0.2) is 24.3 Å². The van der Waals surface area contributed by atoms with E-state index in [2.05, 4.69) is 24.3 Å². The normalized spacial score (nSPS) is 26.5. The molecule has 0 radical (unpaired) electrons. The lowest BCUT2D eigenvalue weighted by molar-refractivity contribution is 0.622. The van der Waals surface area contributed by atoms with Crippen molar-refractivity contribution in [2.75, 3.05) is 0 Å². The molecule has 0 heterocycles. The molecule has 1 aliphatic carbocycles. The summed E-state index contributed by atoms with van der Waals surface area (Å²) in [5, 5.41) is 0. The van der Waals surface area contributed by atoms with Crippen LogP contribution in [0.4, 0.5) is 0 Å². The van der Waals surface area contributed by atoms with Crippen LogP contribution in [0.25, 0.3) is 0 Å². The molecule has 0 spiro atoms. The minimum Gasteiger partial charge on any atom is -0.0885 e. The zero-order valence-corrected chi connectivity index (χ0v) is 8.67. The maximum atomic E-state index is 2.35. The van der Waals surface area contributed by atoms with Crippen LogP contribution in [0.2, 0.25) is 0 Å². The van der Waals surface area contributed by atoms with E-state index in [1.807, 2.05) is 0 Å². The van der Waals surface area contributed by atoms with Gasteiger partial charge in [0.25, 0.3) is 0 Å². The van der Waals surface area contributed by atoms with Gasteiger partial charge in [-0.1, -0.05) is 43.6 Å². The lowest BCUT2D eigenvalue weighted by Crippen LogP contribution is -1.77. The molecule has 13 heavy (non-hydrogen) atoms. The summed E-state index contributed by atoms with van der Waals surface area (Å²) >= 11 is 0. The molecule has 0 heteroatoms. The zero-order chi connectivity index (χ0) is 9.19. The number of allylic oxidation sites excluding steroid dienone is 4. The van der Waals surface area contributed by atoms with Gasteiger partial charge in [-0.3, -0.25) is 0 Å². The van der Waals surface area contributed by atoms with Crippen molar-refractivity contribution in [3.63, 3.8) is 0 Å². The van der Waals surface area contributed by atoms with Crippen molar-refractivity contribution in [2.45, 2.75) is 57.8 Å². The SMILES string of the molecule is C1=C/CCCCCCC/C=C/CC/1. The lowest BCUT2D eigenvalue weighted by Gasteiger charge is -1.97. The predicted molar refractivity (Wildman–Crippen MR) is 59.8 cm³/mol. The van der Waals surface area contributed by atoms with Crippen molar-refractivity contribution in [2.24, 2.45) is 0 Å². The summed E-state index contributed by atoms with van der Waals surface area (Å²) in [6, 6.07) is 0. The van der Waals surface area contributed by atoms with E-state index < -0.39 is 0 Å². The molecule has 0 aromatic carbocycles. The molecule has 0 amide bonds. The summed E-state index contributed by atoms with van der Waals surface area (Å²) in [6.45, 7) is 0. The van der Waals surface area contributed by atoms with Gasteiger partial charge in [0.1, 0.15) is 0 Å². The molecular formula is C13H22. The summed E-state index contributed by atoms with van der Waals surface area (Å²) in [5.41, 5.74) is 0. The van der Waals surface area contributed by atoms with E-state index in [4.69, 9.17) is 0 Å². The third-order valence-corrected chi connectivity index (χ3v) is 2.57. The average Bonchev–Trinajstić information content (AvgIpc) is 2.18. The second-order valence-electron chi connectivity index (χ2n) is 3.87. The summed E-state index contributed by atoms with van der Waals surface area (Å²) < 4.78 is 0. The molecule has 1 aliphatic rings. The maximum absolute atomic E-state index is 2.35. The standard InChI is InChI=1S/C13H22/c1-2-4-6-8-10-12-13-11-9-7-5-3-1/h1-2,7,9H,3-6,8,10-13H2/b2-1+,9-7+. The van der Waals surface area contributed by atoms with Gasteiger partial charge in [0.05, 0.1) is 0 Å². The molecule has 0 aromatic heterocycles. The first-order valence-corrected chi connectivity index (χ1v) is 5.80. The van der Waals surface area contributed by atoms with Crippen LogP contribution in [0, 0.1) is 0 Å². The Morgan fingerprint density at radius 2 is 0.769 bits per heavy atom. The van der Waals surface area contributed by atoms with Gasteiger partial charge in [0.2, 0.25) is 0 Å². The van der Waals surface area contributed by atoms with Gasteiger partial charge < -0.3 is 0 Å². The minimum atomic E-state index is 1.23. The fraction of sp³-hybridized carbons (Fsp3) is 0.692. The molecular weight excluding hydrogens is 156 g/mol. The van der Waals surface area contributed by atoms with Crippen LogP contribution in [0.5, 0.6) is 0 Å². The largest absolute Gasteiger partial charge is 0.0885 e. The van der Waals surface area contributed by atoms with E-state index in [0.29, 0.717) is 0 Å². The van der Waals surface area contributed by atoms with Crippen molar-refractivity contribution >= 4 is 0 Å². The van der Waals surface area contributed by atoms with Gasteiger partial charge >= 0.3 is 0 Å². The van der Waals surface area contributed by atoms with Crippen molar-refractivity contribution in [3.05, 3.63) is 24.3 Å². The van der Waals surface area contributed by atoms with Crippen LogP contribution in [-0.4, -0.2) is 0 Å². The van der Waals surface area contributed by atoms with E-state index >= 15 is 0 Å². The van der Waals surface area contributed by atoms with E-state index in [-0.39, 0.29) is 0 Å². The summed E-state index contributed by atoms with van der Waals surface area (Å²) in [7, 11) is 0. The predicted octanol–water partition coefficient (Wildman–Crippen LogP) is 4.62. The van der Waals surface area contributed by atoms with Gasteiger partial charge in [0, 0.05) is 0 Å². The summed E-state index contributed by atoms with van der Waals surface area (Å²) in [6.07, 6.45) is 21.5. The quantitative estimate of drug-likeness (QED) is 0.475. The fourth-order valence-electron chi connectivity index (χ4n) is 1.72. The van der Waals surface area contributed by atoms with Gasteiger partial charge in [-0.05, 0) is 38.5 Å². The lowest BCUT2D eigenvalue weighted by atomic mass is 10.1. The van der Waals surface area contributed by atoms with Crippen LogP contribution in [0.1, 0.15) is 57.8 Å². The Morgan fingerprint density at radius 3 is 1.31 bits per heavy atom. The van der Waals surface area contributed by atoms with E-state index in [1.54, 1.807) is 0 Å². The monoisotopic (exact) mass is 178 g/mol. The topological polar surface area (TPSA) is 0 Å². The van der Waals surface area contributed by atoms with Crippen LogP contribution >= 0.6 is 0 Å². The first kappa shape index (κ1) is 10.6. The smallest absolute Gasteiger partial charge is 0.0316 e. The number of hydrogen-bond acceptors (Lipinski definition) is 0. The van der Waals surface area contributed by atoms with Crippen LogP contribution in [-0.2, 0) is 0 Å². The zero-order valence-electron chi connectivity index (χ0n) is 8.67. The van der Waals surface area contributed by atoms with E-state index in [9.17, 15) is 0 Å². The van der Waals surface area contributed by atoms with Crippen molar-refractivity contribution < 1.29 is 0 Å². The first-order valence-electron chi connectivity index (χ1n) is 5.80. The molecule has 0 atom stereocenters. The molecule has 1 rings (SSSR count). The fourth-order valence-corrected chi connectivity index (χ4v) is 1.72. The highest BCUT2D eigenvalue weighted by Gasteiger charge is 1.89. The Hall–Kier alpha value is -0.520. The highest BCUT2D eigenvalue weighted by molar-refractivity contribution is 4.88. The molecule has 0 fully saturated rings. The Morgan fingerprint density at radius 1 is 0.385 bits per heavy atom. The number of rotatable bonds is 0. The third-order valence-electron chi connectivity index (χ3n) is 2.57. The molecule has 0 bridgehead atoms. The first-order chi connectivity index (χ1) is 6.50. The van der Waals surface area contributed by atoms with Crippen molar-refractivity contribution in [1.82, 2.24) is 0 Å². The van der Waals surface area contributed by atoms with Gasteiger partial charge in [0.15, 0.2) is 0 Å². The molecule has 74 valence electrons. The molecule has 0 nitrogen and oxygen atoms in total. The Kier molecular flexibility index (Phi) is 6.58. The van der Waals surface area contributed by atoms with E-state index in [0.717, 1.165) is 0 Å². The molecule has 0 saturated heterocycles. The molecule has 0 aliphatic heterocycles. The second kappa shape index (κ2) is 8.10. The molecule has 0 N–H and O–H groups in total. The molecule has 0 unspecified atom stereocenters. The summed E-state index contributed by atoms with van der Waals surface area (Å²) in [5.74, 6) is 0. The van der Waals surface area contributed by atoms with Crippen molar-refractivity contribution in [1.29, 1.82) is 0 Å². The molecule has 0 saturated carbocycles. The second-order valence-corrected chi connectivity index (χ2v) is 3.87. The van der Waals surface area contributed by atoms with Gasteiger partial charge in [-0.25, -0.2) is 0 Å². The summed E-state index contributed by atoms with van der Waals surface area (Å²) in [4.78, 5) is 0. The Bertz CT molecular complexity index is 135. The third kappa shape index (κ3) is 6.62. The van der Waals surface area contributed by atoms with E-state index in [1.165, 1.54) is 57.8 Å². The van der Waals surface area contributed by atoms with Gasteiger partial charge in [-0.2, -0.15) is 0 Å². The minimum absolute atomic E-state index is 1.23. The Labute approximate surface area is 82.7 Å². The van der Waals surface area contributed by atoms with Crippen LogP contribution in [0.3, 0.4) is 0 Å². The van der Waals surface area contributed by atoms with Gasteiger partial charge in [-0.15, -0.1) is 0 Å². The number of hydrogen-bond donors (Lipinski definition) is 0. The van der Waals surface area contributed by atoms with Crippen LogP contribution < -0.4 is 0 Å². The highest BCUT2D eigenvalue weighted by Crippen LogP contribution is 2.09.